The van der Waals surface area contributed by atoms with Crippen LogP contribution in [-0.4, -0.2) is 31.0 Å². The quantitative estimate of drug-likeness (QED) is 0.401. The van der Waals surface area contributed by atoms with Gasteiger partial charge in [0.25, 0.3) is 0 Å². The minimum absolute atomic E-state index is 0. The van der Waals surface area contributed by atoms with Gasteiger partial charge in [0.15, 0.2) is 0 Å². The second-order valence-corrected chi connectivity index (χ2v) is 0.577. The average Bonchev–Trinajstić information content (AvgIpc) is 1.37. The first kappa shape index (κ1) is 9.08. The van der Waals surface area contributed by atoms with E-state index in [9.17, 15) is 0 Å². The molecule has 0 saturated heterocycles. The van der Waals surface area contributed by atoms with E-state index in [0.717, 1.165) is 0 Å². The number of rotatable bonds is 1. The molecule has 0 saturated carbocycles. The summed E-state index contributed by atoms with van der Waals surface area (Å²) in [6.07, 6.45) is 0. The van der Waals surface area contributed by atoms with Crippen LogP contribution in [0.25, 0.3) is 0 Å². The molecule has 4 N–H and O–H groups in total. The maximum atomic E-state index is 4.90. The molecular weight excluding hydrogens is 127 g/mol. The van der Waals surface area contributed by atoms with Crippen molar-refractivity contribution in [3.8, 4) is 0 Å². The molecule has 0 amide bonds. The van der Waals surface area contributed by atoms with Crippen LogP contribution < -0.4 is 11.5 Å². The summed E-state index contributed by atoms with van der Waals surface area (Å²) >= 11 is 0. The molecule has 0 aliphatic rings. The Labute approximate surface area is 43.2 Å². The summed E-state index contributed by atoms with van der Waals surface area (Å²) in [5.41, 5.74) is 9.81. The fourth-order valence-corrected chi connectivity index (χ4v) is 0. The predicted molar refractivity (Wildman–Crippen MR) is 28.0 cm³/mol. The SMILES string of the molecule is NCCN.[AsH3]. The van der Waals surface area contributed by atoms with Crippen molar-refractivity contribution in [2.24, 2.45) is 11.5 Å². The Bertz CT molecular complexity index is 9.61. The van der Waals surface area contributed by atoms with Crippen LogP contribution in [0.1, 0.15) is 0 Å². The molecule has 0 heterocycles. The Kier molecular flexibility index (Phi) is 16.0. The van der Waals surface area contributed by atoms with Crippen molar-refractivity contribution in [1.29, 1.82) is 0 Å². The van der Waals surface area contributed by atoms with Crippen molar-refractivity contribution in [1.82, 2.24) is 0 Å². The van der Waals surface area contributed by atoms with Gasteiger partial charge in [-0.1, -0.05) is 0 Å². The number of nitrogens with two attached hydrogens (primary N) is 2. The summed E-state index contributed by atoms with van der Waals surface area (Å²) in [5, 5.41) is 0. The first-order valence-corrected chi connectivity index (χ1v) is 1.32. The molecule has 0 fully saturated rings. The van der Waals surface area contributed by atoms with E-state index in [1.165, 1.54) is 0 Å². The molecular formula is C2H11AsN2. The molecule has 3 heteroatoms. The standard InChI is InChI=1S/C2H8N2.AsH3/c3-1-2-4;/h1-4H2;1H3. The third kappa shape index (κ3) is 12.6. The maximum absolute atomic E-state index is 4.90. The van der Waals surface area contributed by atoms with Gasteiger partial charge >= 0.3 is 18.0 Å². The normalized spacial score (nSPS) is 6.00. The van der Waals surface area contributed by atoms with Gasteiger partial charge in [-0.25, -0.2) is 0 Å². The molecule has 0 aliphatic carbocycles. The van der Waals surface area contributed by atoms with Gasteiger partial charge in [-0.3, -0.25) is 0 Å². The Morgan fingerprint density at radius 2 is 1.20 bits per heavy atom. The molecule has 0 radical (unpaired) electrons. The molecule has 0 aromatic heterocycles. The molecule has 0 rings (SSSR count). The van der Waals surface area contributed by atoms with Gasteiger partial charge in [0, 0.05) is 13.1 Å². The van der Waals surface area contributed by atoms with E-state index in [2.05, 4.69) is 0 Å². The molecule has 34 valence electrons. The first-order valence-electron chi connectivity index (χ1n) is 1.32. The summed E-state index contributed by atoms with van der Waals surface area (Å²) in [6.45, 7) is 1.19. The zero-order valence-corrected chi connectivity index (χ0v) is 6.24. The molecule has 1 unspecified atom stereocenters. The van der Waals surface area contributed by atoms with E-state index in [1.807, 2.05) is 0 Å². The molecule has 0 aromatic rings. The summed E-state index contributed by atoms with van der Waals surface area (Å²) in [6, 6.07) is 0. The fourth-order valence-electron chi connectivity index (χ4n) is 0. The summed E-state index contributed by atoms with van der Waals surface area (Å²) in [7, 11) is 0. The monoisotopic (exact) mass is 138 g/mol. The molecule has 0 spiro atoms. The summed E-state index contributed by atoms with van der Waals surface area (Å²) in [5.74, 6) is 0. The Hall–Kier alpha value is 0.478. The molecule has 5 heavy (non-hydrogen) atoms. The summed E-state index contributed by atoms with van der Waals surface area (Å²) < 4.78 is 0. The Balaban J connectivity index is 0. The van der Waals surface area contributed by atoms with E-state index in [-0.39, 0.29) is 18.0 Å². The molecule has 1 atom stereocenters. The molecule has 2 nitrogen and oxygen atoms in total. The van der Waals surface area contributed by atoms with E-state index in [0.29, 0.717) is 13.1 Å². The fraction of sp³-hybridized carbons (Fsp3) is 1.00. The van der Waals surface area contributed by atoms with Gasteiger partial charge in [0.1, 0.15) is 0 Å². The number of hydrogen-bond acceptors (Lipinski definition) is 2. The zero-order chi connectivity index (χ0) is 3.41. The van der Waals surface area contributed by atoms with Crippen molar-refractivity contribution < 1.29 is 0 Å². The van der Waals surface area contributed by atoms with Crippen molar-refractivity contribution in [2.45, 2.75) is 0 Å². The summed E-state index contributed by atoms with van der Waals surface area (Å²) in [4.78, 5) is 0. The van der Waals surface area contributed by atoms with Crippen molar-refractivity contribution >= 4 is 18.0 Å². The van der Waals surface area contributed by atoms with Crippen molar-refractivity contribution in [3.63, 3.8) is 0 Å². The molecule has 0 aromatic carbocycles. The number of hydrogen-bond donors (Lipinski definition) is 2. The van der Waals surface area contributed by atoms with Gasteiger partial charge in [0.05, 0.1) is 0 Å². The zero-order valence-electron chi connectivity index (χ0n) is 3.28. The second-order valence-electron chi connectivity index (χ2n) is 0.577. The Morgan fingerprint density at radius 1 is 1.00 bits per heavy atom. The van der Waals surface area contributed by atoms with E-state index >= 15 is 0 Å². The van der Waals surface area contributed by atoms with Crippen LogP contribution in [-0.2, 0) is 0 Å². The molecule has 0 aliphatic heterocycles. The predicted octanol–water partition coefficient (Wildman–Crippen LogP) is -2.28. The third-order valence-corrected chi connectivity index (χ3v) is 0.167. The van der Waals surface area contributed by atoms with Crippen LogP contribution >= 0.6 is 0 Å². The Morgan fingerprint density at radius 3 is 1.20 bits per heavy atom. The van der Waals surface area contributed by atoms with Gasteiger partial charge in [0.2, 0.25) is 0 Å². The second kappa shape index (κ2) is 8.82. The van der Waals surface area contributed by atoms with Crippen molar-refractivity contribution in [3.05, 3.63) is 0 Å². The van der Waals surface area contributed by atoms with Gasteiger partial charge < -0.3 is 11.5 Å². The van der Waals surface area contributed by atoms with Crippen LogP contribution in [0.2, 0.25) is 0 Å². The van der Waals surface area contributed by atoms with E-state index in [4.69, 9.17) is 11.5 Å². The van der Waals surface area contributed by atoms with Gasteiger partial charge in [-0.15, -0.1) is 0 Å². The van der Waals surface area contributed by atoms with Crippen LogP contribution in [0.15, 0.2) is 0 Å². The average molecular weight is 138 g/mol. The van der Waals surface area contributed by atoms with E-state index < -0.39 is 0 Å². The minimum atomic E-state index is 0. The van der Waals surface area contributed by atoms with Crippen LogP contribution in [0, 0.1) is 0 Å². The van der Waals surface area contributed by atoms with E-state index in [1.54, 1.807) is 0 Å². The first-order chi connectivity index (χ1) is 1.91. The van der Waals surface area contributed by atoms with Crippen LogP contribution in [0.5, 0.6) is 0 Å². The van der Waals surface area contributed by atoms with Gasteiger partial charge in [-0.05, 0) is 0 Å². The van der Waals surface area contributed by atoms with Crippen LogP contribution in [0.4, 0.5) is 0 Å². The van der Waals surface area contributed by atoms with Crippen molar-refractivity contribution in [2.75, 3.05) is 13.1 Å². The topological polar surface area (TPSA) is 52.0 Å². The van der Waals surface area contributed by atoms with Crippen LogP contribution in [0.3, 0.4) is 0 Å². The van der Waals surface area contributed by atoms with Gasteiger partial charge in [-0.2, -0.15) is 0 Å². The molecule has 0 bridgehead atoms. The third-order valence-electron chi connectivity index (χ3n) is 0.167.